The average Bonchev–Trinajstić information content (AvgIpc) is 3.37. The molecule has 2 aliphatic rings. The molecule has 0 aliphatic carbocycles. The van der Waals surface area contributed by atoms with Crippen molar-refractivity contribution in [3.05, 3.63) is 69.0 Å². The minimum Gasteiger partial charge on any atom is -0.340 e. The third-order valence-electron chi connectivity index (χ3n) is 8.74. The van der Waals surface area contributed by atoms with Gasteiger partial charge in [-0.25, -0.2) is 4.39 Å². The summed E-state index contributed by atoms with van der Waals surface area (Å²) >= 11 is 12.5. The van der Waals surface area contributed by atoms with E-state index < -0.39 is 29.0 Å². The highest BCUT2D eigenvalue weighted by molar-refractivity contribution is 6.42. The maximum absolute atomic E-state index is 14.2. The van der Waals surface area contributed by atoms with Crippen molar-refractivity contribution in [2.75, 3.05) is 33.2 Å². The van der Waals surface area contributed by atoms with Crippen molar-refractivity contribution in [2.24, 2.45) is 0 Å². The first-order valence-corrected chi connectivity index (χ1v) is 14.6. The minimum absolute atomic E-state index is 0.171. The number of hydrogen-bond donors (Lipinski definition) is 0. The van der Waals surface area contributed by atoms with Crippen molar-refractivity contribution >= 4 is 35.0 Å². The van der Waals surface area contributed by atoms with E-state index in [4.69, 9.17) is 23.2 Å². The van der Waals surface area contributed by atoms with Crippen LogP contribution in [0.4, 0.5) is 17.6 Å². The fraction of sp³-hybridized carbons (Fsp3) is 0.533. The van der Waals surface area contributed by atoms with Gasteiger partial charge in [-0.05, 0) is 81.5 Å². The van der Waals surface area contributed by atoms with Crippen molar-refractivity contribution in [1.82, 2.24) is 14.7 Å². The highest BCUT2D eigenvalue weighted by atomic mass is 35.5. The summed E-state index contributed by atoms with van der Waals surface area (Å²) in [5, 5.41) is 0.639. The molecule has 0 N–H and O–H groups in total. The number of amides is 2. The quantitative estimate of drug-likeness (QED) is 0.297. The van der Waals surface area contributed by atoms with Crippen molar-refractivity contribution in [2.45, 2.75) is 69.6 Å². The van der Waals surface area contributed by atoms with Gasteiger partial charge in [0.1, 0.15) is 5.82 Å². The molecule has 0 spiro atoms. The summed E-state index contributed by atoms with van der Waals surface area (Å²) in [6.45, 7) is 6.42. The maximum Gasteiger partial charge on any atom is 0.419 e. The van der Waals surface area contributed by atoms with Gasteiger partial charge in [-0.2, -0.15) is 13.2 Å². The number of piperidine rings is 1. The standard InChI is InChI=1S/C30H35Cl2F4N3O2/c1-19(20-6-9-26(33)23(17-20)30(34,35)36)37(3)28(41)29(2,21-7-8-24(31)25(32)18-21)12-16-38-14-10-22(11-15-38)39-13-4-5-27(39)40/h6-9,17-19,22H,4-5,10-16H2,1-3H3. The normalized spacial score (nSPS) is 19.3. The summed E-state index contributed by atoms with van der Waals surface area (Å²) in [5.74, 6) is -1.44. The Morgan fingerprint density at radius 1 is 1.07 bits per heavy atom. The lowest BCUT2D eigenvalue weighted by atomic mass is 9.77. The van der Waals surface area contributed by atoms with E-state index in [9.17, 15) is 27.2 Å². The molecule has 2 aliphatic heterocycles. The first-order chi connectivity index (χ1) is 19.2. The molecular formula is C30H35Cl2F4N3O2. The van der Waals surface area contributed by atoms with E-state index in [-0.39, 0.29) is 23.4 Å². The lowest BCUT2D eigenvalue weighted by molar-refractivity contribution is -0.140. The predicted molar refractivity (Wildman–Crippen MR) is 151 cm³/mol. The van der Waals surface area contributed by atoms with Crippen molar-refractivity contribution < 1.29 is 27.2 Å². The van der Waals surface area contributed by atoms with Gasteiger partial charge in [-0.3, -0.25) is 9.59 Å². The zero-order valence-electron chi connectivity index (χ0n) is 23.4. The fourth-order valence-electron chi connectivity index (χ4n) is 5.91. The average molecular weight is 617 g/mol. The van der Waals surface area contributed by atoms with Crippen LogP contribution in [0, 0.1) is 5.82 Å². The molecule has 2 aromatic carbocycles. The van der Waals surface area contributed by atoms with Gasteiger partial charge in [0.15, 0.2) is 0 Å². The minimum atomic E-state index is -4.85. The molecule has 0 bridgehead atoms. The Balaban J connectivity index is 1.54. The maximum atomic E-state index is 14.2. The van der Waals surface area contributed by atoms with Crippen molar-refractivity contribution in [1.29, 1.82) is 0 Å². The van der Waals surface area contributed by atoms with Gasteiger partial charge >= 0.3 is 6.18 Å². The first kappa shape index (κ1) is 31.6. The third kappa shape index (κ3) is 6.83. The number of rotatable bonds is 8. The van der Waals surface area contributed by atoms with E-state index in [1.165, 1.54) is 18.0 Å². The summed E-state index contributed by atoms with van der Waals surface area (Å²) in [6, 6.07) is 7.32. The van der Waals surface area contributed by atoms with E-state index in [0.29, 0.717) is 35.0 Å². The second-order valence-corrected chi connectivity index (χ2v) is 12.1. The van der Waals surface area contributed by atoms with E-state index >= 15 is 0 Å². The number of carbonyl (C=O) groups excluding carboxylic acids is 2. The van der Waals surface area contributed by atoms with E-state index in [2.05, 4.69) is 4.90 Å². The van der Waals surface area contributed by atoms with Crippen LogP contribution < -0.4 is 0 Å². The van der Waals surface area contributed by atoms with Crippen LogP contribution in [0.2, 0.25) is 10.0 Å². The van der Waals surface area contributed by atoms with E-state index in [1.807, 2.05) is 4.90 Å². The van der Waals surface area contributed by atoms with Gasteiger partial charge < -0.3 is 14.7 Å². The number of likely N-dealkylation sites (tertiary alicyclic amines) is 2. The molecule has 2 amide bonds. The third-order valence-corrected chi connectivity index (χ3v) is 9.48. The van der Waals surface area contributed by atoms with Crippen LogP contribution in [0.15, 0.2) is 36.4 Å². The van der Waals surface area contributed by atoms with Crippen LogP contribution in [-0.4, -0.2) is 65.8 Å². The Bertz CT molecular complexity index is 1280. The van der Waals surface area contributed by atoms with Gasteiger partial charge in [0.2, 0.25) is 11.8 Å². The molecule has 5 nitrogen and oxygen atoms in total. The summed E-state index contributed by atoms with van der Waals surface area (Å²) in [5.41, 5.74) is -1.63. The van der Waals surface area contributed by atoms with Gasteiger partial charge in [0, 0.05) is 39.1 Å². The number of hydrogen-bond acceptors (Lipinski definition) is 3. The summed E-state index contributed by atoms with van der Waals surface area (Å²) in [7, 11) is 1.54. The second kappa shape index (κ2) is 12.5. The van der Waals surface area contributed by atoms with Gasteiger partial charge in [0.05, 0.1) is 27.1 Å². The summed E-state index contributed by atoms with van der Waals surface area (Å²) < 4.78 is 54.1. The van der Waals surface area contributed by atoms with Gasteiger partial charge in [-0.1, -0.05) is 35.3 Å². The monoisotopic (exact) mass is 615 g/mol. The SMILES string of the molecule is CC(c1ccc(F)c(C(F)(F)F)c1)N(C)C(=O)C(C)(CCN1CCC(N2CCCC2=O)CC1)c1ccc(Cl)c(Cl)c1. The summed E-state index contributed by atoms with van der Waals surface area (Å²) in [6.07, 6.45) is -1.17. The van der Waals surface area contributed by atoms with Crippen LogP contribution in [0.5, 0.6) is 0 Å². The van der Waals surface area contributed by atoms with Crippen LogP contribution in [-0.2, 0) is 21.2 Å². The Hall–Kier alpha value is -2.36. The molecule has 2 atom stereocenters. The molecule has 2 saturated heterocycles. The smallest absolute Gasteiger partial charge is 0.340 e. The predicted octanol–water partition coefficient (Wildman–Crippen LogP) is 7.11. The zero-order valence-corrected chi connectivity index (χ0v) is 24.9. The molecule has 0 aromatic heterocycles. The first-order valence-electron chi connectivity index (χ1n) is 13.8. The van der Waals surface area contributed by atoms with Crippen LogP contribution >= 0.6 is 23.2 Å². The zero-order chi connectivity index (χ0) is 30.1. The molecule has 0 radical (unpaired) electrons. The number of benzene rings is 2. The number of alkyl halides is 3. The number of likely N-dealkylation sites (N-methyl/N-ethyl adjacent to an activating group) is 1. The van der Waals surface area contributed by atoms with E-state index in [1.54, 1.807) is 32.0 Å². The molecule has 2 unspecified atom stereocenters. The van der Waals surface area contributed by atoms with E-state index in [0.717, 1.165) is 51.0 Å². The molecule has 2 heterocycles. The lowest BCUT2D eigenvalue weighted by Gasteiger charge is -2.40. The lowest BCUT2D eigenvalue weighted by Crippen LogP contribution is -2.48. The highest BCUT2D eigenvalue weighted by Crippen LogP contribution is 2.38. The Labute approximate surface area is 248 Å². The Morgan fingerprint density at radius 2 is 1.76 bits per heavy atom. The molecular weight excluding hydrogens is 581 g/mol. The molecule has 41 heavy (non-hydrogen) atoms. The summed E-state index contributed by atoms with van der Waals surface area (Å²) in [4.78, 5) is 32.0. The topological polar surface area (TPSA) is 43.9 Å². The number of halogens is 6. The van der Waals surface area contributed by atoms with Crippen LogP contribution in [0.3, 0.4) is 0 Å². The van der Waals surface area contributed by atoms with Crippen molar-refractivity contribution in [3.8, 4) is 0 Å². The molecule has 11 heteroatoms. The largest absolute Gasteiger partial charge is 0.419 e. The van der Waals surface area contributed by atoms with Gasteiger partial charge in [-0.15, -0.1) is 0 Å². The van der Waals surface area contributed by atoms with Crippen molar-refractivity contribution in [3.63, 3.8) is 0 Å². The number of carbonyl (C=O) groups is 2. The molecule has 2 aromatic rings. The molecule has 2 fully saturated rings. The van der Waals surface area contributed by atoms with Crippen LogP contribution in [0.25, 0.3) is 0 Å². The van der Waals surface area contributed by atoms with Crippen LogP contribution in [0.1, 0.15) is 68.7 Å². The highest BCUT2D eigenvalue weighted by Gasteiger charge is 2.41. The fourth-order valence-corrected chi connectivity index (χ4v) is 6.21. The Kier molecular flexibility index (Phi) is 9.61. The molecule has 4 rings (SSSR count). The van der Waals surface area contributed by atoms with Gasteiger partial charge in [0.25, 0.3) is 0 Å². The Morgan fingerprint density at radius 3 is 2.34 bits per heavy atom. The number of nitrogens with zero attached hydrogens (tertiary/aromatic N) is 3. The molecule has 0 saturated carbocycles. The molecule has 224 valence electrons. The second-order valence-electron chi connectivity index (χ2n) is 11.3.